The highest BCUT2D eigenvalue weighted by Crippen LogP contribution is 2.36. The van der Waals surface area contributed by atoms with E-state index in [-0.39, 0.29) is 18.3 Å². The van der Waals surface area contributed by atoms with E-state index in [4.69, 9.17) is 4.74 Å². The summed E-state index contributed by atoms with van der Waals surface area (Å²) in [5.74, 6) is 0.0826. The first-order chi connectivity index (χ1) is 9.88. The molecule has 1 N–H and O–H groups in total. The first-order valence-corrected chi connectivity index (χ1v) is 6.57. The molecule has 1 aliphatic heterocycles. The molecule has 0 radical (unpaired) electrons. The van der Waals surface area contributed by atoms with Crippen molar-refractivity contribution < 1.29 is 22.8 Å². The van der Waals surface area contributed by atoms with Crippen molar-refractivity contribution in [1.29, 1.82) is 0 Å². The SMILES string of the molecule is O=[N+]([O-])c1cc(C(F)(F)F)ccc1OC[C@H]1CCCNC1. The van der Waals surface area contributed by atoms with E-state index < -0.39 is 22.4 Å². The Morgan fingerprint density at radius 3 is 2.76 bits per heavy atom. The second kappa shape index (κ2) is 6.30. The molecule has 0 spiro atoms. The lowest BCUT2D eigenvalue weighted by atomic mass is 10.0. The Morgan fingerprint density at radius 1 is 1.43 bits per heavy atom. The van der Waals surface area contributed by atoms with Gasteiger partial charge >= 0.3 is 11.9 Å². The largest absolute Gasteiger partial charge is 0.486 e. The maximum Gasteiger partial charge on any atom is 0.416 e. The van der Waals surface area contributed by atoms with Crippen molar-refractivity contribution in [2.75, 3.05) is 19.7 Å². The monoisotopic (exact) mass is 304 g/mol. The van der Waals surface area contributed by atoms with E-state index >= 15 is 0 Å². The number of ether oxygens (including phenoxy) is 1. The fraction of sp³-hybridized carbons (Fsp3) is 0.538. The molecule has 116 valence electrons. The van der Waals surface area contributed by atoms with Gasteiger partial charge in [0.1, 0.15) is 0 Å². The molecule has 1 fully saturated rings. The predicted molar refractivity (Wildman–Crippen MR) is 69.2 cm³/mol. The van der Waals surface area contributed by atoms with Crippen LogP contribution in [0.5, 0.6) is 5.75 Å². The molecule has 5 nitrogen and oxygen atoms in total. The van der Waals surface area contributed by atoms with Gasteiger partial charge in [0.05, 0.1) is 17.1 Å². The van der Waals surface area contributed by atoms with E-state index in [1.54, 1.807) is 0 Å². The Balaban J connectivity index is 2.12. The predicted octanol–water partition coefficient (Wildman–Crippen LogP) is 2.99. The van der Waals surface area contributed by atoms with Gasteiger partial charge in [-0.2, -0.15) is 13.2 Å². The Bertz CT molecular complexity index is 514. The summed E-state index contributed by atoms with van der Waals surface area (Å²) in [4.78, 5) is 10.0. The summed E-state index contributed by atoms with van der Waals surface area (Å²) in [5.41, 5.74) is -1.71. The molecule has 0 aromatic heterocycles. The van der Waals surface area contributed by atoms with Crippen LogP contribution in [-0.2, 0) is 6.18 Å². The highest BCUT2D eigenvalue weighted by molar-refractivity contribution is 5.49. The van der Waals surface area contributed by atoms with Crippen LogP contribution < -0.4 is 10.1 Å². The van der Waals surface area contributed by atoms with Crippen molar-refractivity contribution in [1.82, 2.24) is 5.32 Å². The van der Waals surface area contributed by atoms with Crippen molar-refractivity contribution in [3.8, 4) is 5.75 Å². The van der Waals surface area contributed by atoms with Crippen LogP contribution in [0.15, 0.2) is 18.2 Å². The minimum absolute atomic E-state index is 0.126. The van der Waals surface area contributed by atoms with Crippen molar-refractivity contribution in [2.24, 2.45) is 5.92 Å². The Labute approximate surface area is 119 Å². The molecule has 1 saturated heterocycles. The standard InChI is InChI=1S/C13H15F3N2O3/c14-13(15,16)10-3-4-12(11(6-10)18(19)20)21-8-9-2-1-5-17-7-9/h3-4,6,9,17H,1-2,5,7-8H2/t9-/m0/s1. The summed E-state index contributed by atoms with van der Waals surface area (Å²) < 4.78 is 43.1. The number of hydrogen-bond donors (Lipinski definition) is 1. The van der Waals surface area contributed by atoms with E-state index in [1.807, 2.05) is 0 Å². The second-order valence-electron chi connectivity index (χ2n) is 4.96. The number of nitrogens with one attached hydrogen (secondary N) is 1. The summed E-state index contributed by atoms with van der Waals surface area (Å²) in [6, 6.07) is 2.31. The molecule has 0 saturated carbocycles. The van der Waals surface area contributed by atoms with Crippen LogP contribution in [0.3, 0.4) is 0 Å². The van der Waals surface area contributed by atoms with Gasteiger partial charge < -0.3 is 10.1 Å². The van der Waals surface area contributed by atoms with Crippen LogP contribution in [0.25, 0.3) is 0 Å². The summed E-state index contributed by atoms with van der Waals surface area (Å²) in [7, 11) is 0. The molecule has 1 atom stereocenters. The van der Waals surface area contributed by atoms with Gasteiger partial charge in [-0.15, -0.1) is 0 Å². The van der Waals surface area contributed by atoms with E-state index in [0.717, 1.165) is 38.1 Å². The molecule has 1 aromatic carbocycles. The number of halogens is 3. The fourth-order valence-electron chi connectivity index (χ4n) is 2.23. The van der Waals surface area contributed by atoms with E-state index in [1.165, 1.54) is 0 Å². The Morgan fingerprint density at radius 2 is 2.19 bits per heavy atom. The molecule has 0 unspecified atom stereocenters. The lowest BCUT2D eigenvalue weighted by molar-refractivity contribution is -0.386. The maximum absolute atomic E-state index is 12.6. The lowest BCUT2D eigenvalue weighted by Gasteiger charge is -2.22. The van der Waals surface area contributed by atoms with Crippen molar-refractivity contribution in [2.45, 2.75) is 19.0 Å². The van der Waals surface area contributed by atoms with E-state index in [2.05, 4.69) is 5.32 Å². The number of nitrogens with zero attached hydrogens (tertiary/aromatic N) is 1. The minimum atomic E-state index is -4.61. The van der Waals surface area contributed by atoms with Crippen molar-refractivity contribution in [3.63, 3.8) is 0 Å². The summed E-state index contributed by atoms with van der Waals surface area (Å²) in [5, 5.41) is 14.1. The van der Waals surface area contributed by atoms with Crippen LogP contribution in [0.2, 0.25) is 0 Å². The molecule has 1 heterocycles. The smallest absolute Gasteiger partial charge is 0.416 e. The van der Waals surface area contributed by atoms with Gasteiger partial charge in [0.2, 0.25) is 0 Å². The fourth-order valence-corrected chi connectivity index (χ4v) is 2.23. The number of alkyl halides is 3. The lowest BCUT2D eigenvalue weighted by Crippen LogP contribution is -2.33. The summed E-state index contributed by atoms with van der Waals surface area (Å²) in [6.07, 6.45) is -2.69. The highest BCUT2D eigenvalue weighted by atomic mass is 19.4. The highest BCUT2D eigenvalue weighted by Gasteiger charge is 2.33. The third-order valence-corrected chi connectivity index (χ3v) is 3.36. The third-order valence-electron chi connectivity index (χ3n) is 3.36. The zero-order valence-electron chi connectivity index (χ0n) is 11.2. The van der Waals surface area contributed by atoms with Crippen LogP contribution >= 0.6 is 0 Å². The summed E-state index contributed by atoms with van der Waals surface area (Å²) in [6.45, 7) is 1.92. The van der Waals surface area contributed by atoms with Crippen LogP contribution in [0.1, 0.15) is 18.4 Å². The first kappa shape index (κ1) is 15.6. The topological polar surface area (TPSA) is 64.4 Å². The van der Waals surface area contributed by atoms with Gasteiger partial charge in [0.15, 0.2) is 5.75 Å². The van der Waals surface area contributed by atoms with Gasteiger partial charge in [-0.3, -0.25) is 10.1 Å². The number of piperidine rings is 1. The van der Waals surface area contributed by atoms with Crippen LogP contribution in [0.4, 0.5) is 18.9 Å². The van der Waals surface area contributed by atoms with E-state index in [0.29, 0.717) is 6.07 Å². The molecule has 21 heavy (non-hydrogen) atoms. The van der Waals surface area contributed by atoms with E-state index in [9.17, 15) is 23.3 Å². The minimum Gasteiger partial charge on any atom is -0.486 e. The molecule has 2 rings (SSSR count). The quantitative estimate of drug-likeness (QED) is 0.686. The Hall–Kier alpha value is -1.83. The summed E-state index contributed by atoms with van der Waals surface area (Å²) >= 11 is 0. The molecule has 0 amide bonds. The molecule has 0 bridgehead atoms. The molecular formula is C13H15F3N2O3. The number of benzene rings is 1. The van der Waals surface area contributed by atoms with Crippen LogP contribution in [0, 0.1) is 16.0 Å². The first-order valence-electron chi connectivity index (χ1n) is 6.57. The zero-order chi connectivity index (χ0) is 15.5. The molecule has 1 aromatic rings. The van der Waals surface area contributed by atoms with Crippen molar-refractivity contribution in [3.05, 3.63) is 33.9 Å². The average molecular weight is 304 g/mol. The second-order valence-corrected chi connectivity index (χ2v) is 4.96. The number of nitro benzene ring substituents is 1. The van der Waals surface area contributed by atoms with Gasteiger partial charge in [-0.1, -0.05) is 0 Å². The van der Waals surface area contributed by atoms with Crippen LogP contribution in [-0.4, -0.2) is 24.6 Å². The molecule has 0 aliphatic carbocycles. The van der Waals surface area contributed by atoms with Gasteiger partial charge in [0, 0.05) is 18.5 Å². The van der Waals surface area contributed by atoms with Gasteiger partial charge in [-0.25, -0.2) is 0 Å². The maximum atomic E-state index is 12.6. The van der Waals surface area contributed by atoms with Gasteiger partial charge in [-0.05, 0) is 31.5 Å². The molecule has 8 heteroatoms. The third kappa shape index (κ3) is 4.07. The van der Waals surface area contributed by atoms with Crippen molar-refractivity contribution >= 4 is 5.69 Å². The average Bonchev–Trinajstić information content (AvgIpc) is 2.45. The normalized spacial score (nSPS) is 19.3. The zero-order valence-corrected chi connectivity index (χ0v) is 11.2. The number of rotatable bonds is 4. The molecular weight excluding hydrogens is 289 g/mol. The number of hydrogen-bond acceptors (Lipinski definition) is 4. The Kier molecular flexibility index (Phi) is 4.66. The van der Waals surface area contributed by atoms with Gasteiger partial charge in [0.25, 0.3) is 0 Å². The number of nitro groups is 1. The molecule has 1 aliphatic rings.